The molecule has 0 spiro atoms. The molecule has 6 heteroatoms. The normalized spacial score (nSPS) is 10.7. The van der Waals surface area contributed by atoms with Gasteiger partial charge in [-0.2, -0.15) is 5.10 Å². The molecule has 0 fully saturated rings. The molecule has 1 heterocycles. The summed E-state index contributed by atoms with van der Waals surface area (Å²) in [5.41, 5.74) is 8.95. The van der Waals surface area contributed by atoms with Gasteiger partial charge in [0.05, 0.1) is 22.4 Å². The first-order chi connectivity index (χ1) is 8.90. The molecule has 1 aromatic carbocycles. The van der Waals surface area contributed by atoms with Crippen LogP contribution in [0.2, 0.25) is 0 Å². The molecule has 2 rings (SSSR count). The zero-order valence-corrected chi connectivity index (χ0v) is 13.0. The number of aromatic nitrogens is 2. The molecule has 100 valence electrons. The van der Waals surface area contributed by atoms with Crippen molar-refractivity contribution in [3.05, 3.63) is 51.0 Å². The molecule has 0 aliphatic rings. The molecule has 0 aliphatic heterocycles. The van der Waals surface area contributed by atoms with Gasteiger partial charge in [0.25, 0.3) is 0 Å². The average molecular weight is 342 g/mol. The number of aryl methyl sites for hydroxylation is 1. The lowest BCUT2D eigenvalue weighted by Crippen LogP contribution is -2.15. The van der Waals surface area contributed by atoms with Gasteiger partial charge in [-0.1, -0.05) is 12.2 Å². The van der Waals surface area contributed by atoms with Crippen LogP contribution in [-0.4, -0.2) is 14.8 Å². The monoisotopic (exact) mass is 341 g/mol. The number of hydrogen-bond donors (Lipinski definition) is 1. The van der Waals surface area contributed by atoms with Crippen molar-refractivity contribution in [2.24, 2.45) is 5.73 Å². The van der Waals surface area contributed by atoms with E-state index in [0.717, 1.165) is 21.4 Å². The minimum atomic E-state index is -0.310. The molecule has 2 N–H and O–H groups in total. The molecule has 0 aliphatic carbocycles. The predicted octanol–water partition coefficient (Wildman–Crippen LogP) is 3.08. The highest BCUT2D eigenvalue weighted by Crippen LogP contribution is 2.21. The van der Waals surface area contributed by atoms with Gasteiger partial charge in [0.1, 0.15) is 10.8 Å². The van der Waals surface area contributed by atoms with E-state index in [1.54, 1.807) is 10.7 Å². The van der Waals surface area contributed by atoms with Gasteiger partial charge in [-0.05, 0) is 53.5 Å². The van der Waals surface area contributed by atoms with Gasteiger partial charge in [-0.3, -0.25) is 4.68 Å². The highest BCUT2D eigenvalue weighted by Gasteiger charge is 2.12. The average Bonchev–Trinajstić information content (AvgIpc) is 2.57. The maximum atomic E-state index is 13.4. The first-order valence-corrected chi connectivity index (χ1v) is 6.88. The summed E-state index contributed by atoms with van der Waals surface area (Å²) in [5, 5.41) is 4.40. The van der Waals surface area contributed by atoms with Gasteiger partial charge >= 0.3 is 0 Å². The van der Waals surface area contributed by atoms with E-state index in [1.807, 2.05) is 13.8 Å². The Morgan fingerprint density at radius 3 is 2.68 bits per heavy atom. The van der Waals surface area contributed by atoms with Crippen LogP contribution in [0, 0.1) is 19.7 Å². The van der Waals surface area contributed by atoms with Gasteiger partial charge in [0.15, 0.2) is 0 Å². The lowest BCUT2D eigenvalue weighted by Gasteiger charge is -2.10. The molecule has 1 aromatic heterocycles. The topological polar surface area (TPSA) is 43.8 Å². The fourth-order valence-corrected chi connectivity index (χ4v) is 2.41. The standard InChI is InChI=1S/C13H13BrFN3S/c1-7-12(14)8(2)18(17-7)6-9-5-10(15)3-4-11(9)13(16)19/h3-5H,6H2,1-2H3,(H2,16,19). The second-order valence-electron chi connectivity index (χ2n) is 4.31. The lowest BCUT2D eigenvalue weighted by molar-refractivity contribution is 0.615. The van der Waals surface area contributed by atoms with Gasteiger partial charge < -0.3 is 5.73 Å². The first-order valence-electron chi connectivity index (χ1n) is 5.68. The maximum Gasteiger partial charge on any atom is 0.123 e. The number of thiocarbonyl (C=S) groups is 1. The van der Waals surface area contributed by atoms with E-state index in [1.165, 1.54) is 12.1 Å². The SMILES string of the molecule is Cc1nn(Cc2cc(F)ccc2C(N)=S)c(C)c1Br. The van der Waals surface area contributed by atoms with Gasteiger partial charge in [0, 0.05) is 5.56 Å². The van der Waals surface area contributed by atoms with Crippen LogP contribution in [0.5, 0.6) is 0 Å². The van der Waals surface area contributed by atoms with Crippen molar-refractivity contribution < 1.29 is 4.39 Å². The van der Waals surface area contributed by atoms with Crippen molar-refractivity contribution >= 4 is 33.1 Å². The van der Waals surface area contributed by atoms with Crippen LogP contribution in [0.15, 0.2) is 22.7 Å². The summed E-state index contributed by atoms with van der Waals surface area (Å²) in [6.45, 7) is 4.29. The lowest BCUT2D eigenvalue weighted by atomic mass is 10.1. The van der Waals surface area contributed by atoms with E-state index in [2.05, 4.69) is 21.0 Å². The van der Waals surface area contributed by atoms with Gasteiger partial charge in [-0.25, -0.2) is 4.39 Å². The number of nitrogens with two attached hydrogens (primary N) is 1. The molecule has 0 atom stereocenters. The molecule has 0 saturated carbocycles. The predicted molar refractivity (Wildman–Crippen MR) is 80.8 cm³/mol. The summed E-state index contributed by atoms with van der Waals surface area (Å²) in [5.74, 6) is -0.310. The van der Waals surface area contributed by atoms with Crippen molar-refractivity contribution in [1.82, 2.24) is 9.78 Å². The highest BCUT2D eigenvalue weighted by atomic mass is 79.9. The zero-order valence-electron chi connectivity index (χ0n) is 10.6. The van der Waals surface area contributed by atoms with E-state index < -0.39 is 0 Å². The van der Waals surface area contributed by atoms with Crippen LogP contribution in [0.3, 0.4) is 0 Å². The third-order valence-corrected chi connectivity index (χ3v) is 4.31. The van der Waals surface area contributed by atoms with E-state index in [-0.39, 0.29) is 10.8 Å². The van der Waals surface area contributed by atoms with E-state index >= 15 is 0 Å². The van der Waals surface area contributed by atoms with Crippen LogP contribution in [0.1, 0.15) is 22.5 Å². The molecule has 2 aromatic rings. The van der Waals surface area contributed by atoms with Crippen molar-refractivity contribution in [3.8, 4) is 0 Å². The quantitative estimate of drug-likeness (QED) is 0.872. The number of nitrogens with zero attached hydrogens (tertiary/aromatic N) is 2. The number of benzene rings is 1. The fraction of sp³-hybridized carbons (Fsp3) is 0.231. The Morgan fingerprint density at radius 2 is 2.16 bits per heavy atom. The maximum absolute atomic E-state index is 13.4. The summed E-state index contributed by atoms with van der Waals surface area (Å²) < 4.78 is 16.1. The Kier molecular flexibility index (Phi) is 4.01. The molecule has 19 heavy (non-hydrogen) atoms. The van der Waals surface area contributed by atoms with Crippen LogP contribution < -0.4 is 5.73 Å². The van der Waals surface area contributed by atoms with E-state index in [4.69, 9.17) is 18.0 Å². The summed E-state index contributed by atoms with van der Waals surface area (Å²) in [6.07, 6.45) is 0. The number of halogens is 2. The van der Waals surface area contributed by atoms with E-state index in [9.17, 15) is 4.39 Å². The second kappa shape index (κ2) is 5.38. The smallest absolute Gasteiger partial charge is 0.123 e. The molecule has 0 unspecified atom stereocenters. The first kappa shape index (κ1) is 14.1. The summed E-state index contributed by atoms with van der Waals surface area (Å²) in [7, 11) is 0. The Hall–Kier alpha value is -1.27. The Labute approximate surface area is 124 Å². The van der Waals surface area contributed by atoms with Gasteiger partial charge in [0.2, 0.25) is 0 Å². The van der Waals surface area contributed by atoms with Crippen molar-refractivity contribution in [2.45, 2.75) is 20.4 Å². The molecule has 3 nitrogen and oxygen atoms in total. The number of hydrogen-bond acceptors (Lipinski definition) is 2. The molecular formula is C13H13BrFN3S. The molecule has 0 amide bonds. The third kappa shape index (κ3) is 2.84. The summed E-state index contributed by atoms with van der Waals surface area (Å²) in [4.78, 5) is 0.260. The van der Waals surface area contributed by atoms with Crippen LogP contribution in [-0.2, 0) is 6.54 Å². The fourth-order valence-electron chi connectivity index (χ4n) is 1.92. The molecular weight excluding hydrogens is 329 g/mol. The Morgan fingerprint density at radius 1 is 1.47 bits per heavy atom. The van der Waals surface area contributed by atoms with E-state index in [0.29, 0.717) is 12.1 Å². The van der Waals surface area contributed by atoms with Crippen molar-refractivity contribution in [2.75, 3.05) is 0 Å². The minimum absolute atomic E-state index is 0.260. The molecule has 0 saturated heterocycles. The molecule has 0 radical (unpaired) electrons. The molecule has 0 bridgehead atoms. The zero-order chi connectivity index (χ0) is 14.2. The minimum Gasteiger partial charge on any atom is -0.389 e. The van der Waals surface area contributed by atoms with Crippen molar-refractivity contribution in [1.29, 1.82) is 0 Å². The van der Waals surface area contributed by atoms with Crippen LogP contribution >= 0.6 is 28.1 Å². The van der Waals surface area contributed by atoms with Gasteiger partial charge in [-0.15, -0.1) is 0 Å². The Bertz CT molecular complexity index is 652. The van der Waals surface area contributed by atoms with Crippen LogP contribution in [0.25, 0.3) is 0 Å². The largest absolute Gasteiger partial charge is 0.389 e. The van der Waals surface area contributed by atoms with Crippen LogP contribution in [0.4, 0.5) is 4.39 Å². The second-order valence-corrected chi connectivity index (χ2v) is 5.54. The third-order valence-electron chi connectivity index (χ3n) is 2.95. The Balaban J connectivity index is 2.45. The summed E-state index contributed by atoms with van der Waals surface area (Å²) in [6, 6.07) is 4.40. The number of rotatable bonds is 3. The summed E-state index contributed by atoms with van der Waals surface area (Å²) >= 11 is 8.46. The van der Waals surface area contributed by atoms with Crippen molar-refractivity contribution in [3.63, 3.8) is 0 Å². The highest BCUT2D eigenvalue weighted by molar-refractivity contribution is 9.10.